The third-order valence-electron chi connectivity index (χ3n) is 12.9. The van der Waals surface area contributed by atoms with Gasteiger partial charge in [-0.1, -0.05) is 64.1 Å². The number of terminal acetylenes is 1. The number of hydrogen-bond donors (Lipinski definition) is 4. The van der Waals surface area contributed by atoms with E-state index in [0.717, 1.165) is 11.3 Å². The van der Waals surface area contributed by atoms with E-state index in [1.165, 1.54) is 52.0 Å². The lowest BCUT2D eigenvalue weighted by Crippen LogP contribution is -2.56. The van der Waals surface area contributed by atoms with E-state index in [2.05, 4.69) is 34.6 Å². The van der Waals surface area contributed by atoms with E-state index < -0.39 is 61.5 Å². The van der Waals surface area contributed by atoms with Gasteiger partial charge in [-0.15, -0.1) is 6.42 Å². The van der Waals surface area contributed by atoms with Gasteiger partial charge in [-0.3, -0.25) is 14.4 Å². The monoisotopic (exact) mass is 1000 g/mol. The first-order valence-electron chi connectivity index (χ1n) is 23.2. The summed E-state index contributed by atoms with van der Waals surface area (Å²) in [6.45, 7) is 11.2. The van der Waals surface area contributed by atoms with Gasteiger partial charge in [0.15, 0.2) is 29.9 Å². The van der Waals surface area contributed by atoms with E-state index in [9.17, 15) is 19.8 Å². The lowest BCUT2D eigenvalue weighted by atomic mass is 9.79. The summed E-state index contributed by atoms with van der Waals surface area (Å²) < 4.78 is 48.6. The van der Waals surface area contributed by atoms with Gasteiger partial charge in [0, 0.05) is 61.7 Å². The molecule has 0 amide bonds. The van der Waals surface area contributed by atoms with Gasteiger partial charge < -0.3 is 53.4 Å². The summed E-state index contributed by atoms with van der Waals surface area (Å²) in [6.07, 6.45) is 8.16. The Morgan fingerprint density at radius 3 is 2.28 bits per heavy atom. The van der Waals surface area contributed by atoms with Crippen LogP contribution in [0, 0.1) is 44.0 Å². The predicted molar refractivity (Wildman–Crippen MR) is 264 cm³/mol. The zero-order chi connectivity index (χ0) is 49.2. The smallest absolute Gasteiger partial charge is 0.223 e. The highest BCUT2D eigenvalue weighted by atomic mass is 33.1. The molecule has 0 spiro atoms. The Hall–Kier alpha value is -3.21. The number of thioether (sulfide) groups is 1. The molecule has 5 aliphatic rings. The van der Waals surface area contributed by atoms with E-state index >= 15 is 0 Å². The number of methoxy groups -OCH3 is 3. The van der Waals surface area contributed by atoms with Gasteiger partial charge in [-0.05, 0) is 88.7 Å². The van der Waals surface area contributed by atoms with Crippen molar-refractivity contribution in [3.63, 3.8) is 0 Å². The number of carbonyl (C=O) groups is 2. The molecule has 13 atom stereocenters. The molecule has 15 nitrogen and oxygen atoms in total. The number of likely N-dealkylation sites (N-methyl/N-ethyl adjacent to an activating group) is 1. The van der Waals surface area contributed by atoms with Crippen LogP contribution in [0.15, 0.2) is 35.1 Å². The number of rotatable bonds is 18. The number of allylic oxidation sites excluding steroid dienone is 3. The maximum Gasteiger partial charge on any atom is 0.223 e. The largest absolute Gasteiger partial charge is 0.492 e. The minimum atomic E-state index is -0.944. The zero-order valence-electron chi connectivity index (χ0n) is 40.7. The summed E-state index contributed by atoms with van der Waals surface area (Å²) >= 11 is 1.17. The van der Waals surface area contributed by atoms with Crippen LogP contribution in [-0.4, -0.2) is 133 Å². The standard InChI is InChI=1S/C50H68N2O13S3/c1-12-13-14-15-16-36(43-33(21-22-66-68-32-17-18-32)26(2)23-34(53)45(43)51-8)63-40-24-35(54)44(30(6)61-40)52-65-39-20-19-38(29(5)60-39)67-50(56)42-27(3)28(4)47(49(59-11)48(42)58-10)64-41-25-37(57-9)46(55)31(7)62-41/h1,13-14,21,26,29-32,35-41,44,46,51-52,54-55H,17-20,22-25H2,2-11H3/b14-13-,33-21-/t26?,29?,30?,31-,35?,36-,37-,38-,39?,40?,41?,44+,46?/m0/s1. The van der Waals surface area contributed by atoms with Crippen LogP contribution in [0.4, 0.5) is 0 Å². The Balaban J connectivity index is 1.07. The summed E-state index contributed by atoms with van der Waals surface area (Å²) in [4.78, 5) is 33.6. The lowest BCUT2D eigenvalue weighted by molar-refractivity contribution is -0.266. The fraction of sp³-hybridized carbons (Fsp3) is 0.640. The Kier molecular flexibility index (Phi) is 20.1. The average Bonchev–Trinajstić information content (AvgIpc) is 4.14. The molecule has 4 N–H and O–H groups in total. The van der Waals surface area contributed by atoms with E-state index in [0.29, 0.717) is 58.2 Å². The fourth-order valence-corrected chi connectivity index (χ4v) is 12.4. The van der Waals surface area contributed by atoms with Crippen LogP contribution >= 0.6 is 33.3 Å². The Morgan fingerprint density at radius 2 is 1.63 bits per heavy atom. The molecule has 3 aliphatic heterocycles. The molecule has 0 radical (unpaired) electrons. The number of benzene rings is 1. The molecule has 374 valence electrons. The van der Waals surface area contributed by atoms with Crippen LogP contribution in [0.5, 0.6) is 17.2 Å². The third-order valence-corrected chi connectivity index (χ3v) is 17.0. The van der Waals surface area contributed by atoms with Gasteiger partial charge in [-0.2, -0.15) is 5.48 Å². The number of aliphatic hydroxyl groups excluding tert-OH is 2. The van der Waals surface area contributed by atoms with E-state index in [1.807, 2.05) is 56.2 Å². The molecular formula is C50H68N2O13S3. The van der Waals surface area contributed by atoms with Crippen molar-refractivity contribution < 1.29 is 62.5 Å². The van der Waals surface area contributed by atoms with Crippen LogP contribution < -0.4 is 25.0 Å². The topological polar surface area (TPSA) is 182 Å². The molecule has 1 aromatic carbocycles. The first-order chi connectivity index (χ1) is 32.6. The maximum absolute atomic E-state index is 14.2. The van der Waals surface area contributed by atoms with Gasteiger partial charge >= 0.3 is 0 Å². The summed E-state index contributed by atoms with van der Waals surface area (Å²) in [5.74, 6) is 10.2. The summed E-state index contributed by atoms with van der Waals surface area (Å²) in [5, 5.41) is 25.4. The van der Waals surface area contributed by atoms with Crippen molar-refractivity contribution >= 4 is 44.2 Å². The number of nitrogens with one attached hydrogen (secondary N) is 2. The second kappa shape index (κ2) is 25.3. The molecule has 4 fully saturated rings. The first-order valence-corrected chi connectivity index (χ1v) is 26.5. The van der Waals surface area contributed by atoms with Gasteiger partial charge in [0.2, 0.25) is 17.2 Å². The van der Waals surface area contributed by atoms with Crippen LogP contribution in [0.1, 0.15) is 94.1 Å². The van der Waals surface area contributed by atoms with Crippen molar-refractivity contribution in [2.75, 3.05) is 34.1 Å². The Labute approximate surface area is 413 Å². The molecule has 18 heteroatoms. The van der Waals surface area contributed by atoms with Crippen molar-refractivity contribution in [3.05, 3.63) is 51.8 Å². The second-order valence-corrected chi connectivity index (χ2v) is 21.6. The van der Waals surface area contributed by atoms with E-state index in [1.54, 1.807) is 20.0 Å². The number of hydrogen-bond acceptors (Lipinski definition) is 18. The van der Waals surface area contributed by atoms with Gasteiger partial charge in [0.1, 0.15) is 12.2 Å². The van der Waals surface area contributed by atoms with Crippen molar-refractivity contribution in [3.8, 4) is 41.4 Å². The Morgan fingerprint density at radius 1 is 0.912 bits per heavy atom. The molecule has 1 aromatic rings. The number of hydroxylamine groups is 1. The number of ketones is 1. The molecule has 6 rings (SSSR count). The molecule has 0 bridgehead atoms. The van der Waals surface area contributed by atoms with Crippen molar-refractivity contribution in [2.45, 2.75) is 165 Å². The normalized spacial score (nSPS) is 32.0. The number of ether oxygens (including phenoxy) is 8. The van der Waals surface area contributed by atoms with Crippen LogP contribution in [0.25, 0.3) is 0 Å². The summed E-state index contributed by atoms with van der Waals surface area (Å²) in [7, 11) is 9.94. The average molecular weight is 1000 g/mol. The van der Waals surface area contributed by atoms with E-state index in [-0.39, 0.29) is 52.5 Å². The molecule has 3 saturated heterocycles. The molecule has 68 heavy (non-hydrogen) atoms. The van der Waals surface area contributed by atoms with E-state index in [4.69, 9.17) is 49.2 Å². The van der Waals surface area contributed by atoms with Crippen molar-refractivity contribution in [1.82, 2.24) is 10.8 Å². The van der Waals surface area contributed by atoms with Crippen LogP contribution in [0.3, 0.4) is 0 Å². The van der Waals surface area contributed by atoms with Gasteiger partial charge in [-0.25, -0.2) is 0 Å². The molecular weight excluding hydrogens is 933 g/mol. The minimum Gasteiger partial charge on any atom is -0.492 e. The predicted octanol–water partition coefficient (Wildman–Crippen LogP) is 6.49. The summed E-state index contributed by atoms with van der Waals surface area (Å²) in [5.41, 5.74) is 6.84. The molecule has 3 heterocycles. The molecule has 0 aromatic heterocycles. The van der Waals surface area contributed by atoms with Gasteiger partial charge in [0.05, 0.1) is 62.0 Å². The molecule has 8 unspecified atom stereocenters. The quantitative estimate of drug-likeness (QED) is 0.0542. The van der Waals surface area contributed by atoms with Crippen LogP contribution in [-0.2, 0) is 33.3 Å². The summed E-state index contributed by atoms with van der Waals surface area (Å²) in [6, 6.07) is -0.632. The van der Waals surface area contributed by atoms with Crippen molar-refractivity contribution in [2.24, 2.45) is 5.92 Å². The number of aliphatic hydroxyl groups is 2. The lowest BCUT2D eigenvalue weighted by Gasteiger charge is -2.41. The SMILES string of the molecule is C#C/C=C\C#C[C@H](OC1CC(O)[C@H](NOC2CC[C@H](SC(=O)c3c(C)c(C)c(OC4C[C@H](OC)C(O)[C@H](C)O4)c(OC)c3OC)C(C)O2)C(C)O1)C1=C(NC)C(=O)CC(C)/C1=C/CSSC1CC1. The number of Topliss-reactive ketones (excluding diaryl/α,β-unsaturated/α-hetero) is 1. The highest BCUT2D eigenvalue weighted by Crippen LogP contribution is 2.48. The second-order valence-electron chi connectivity index (χ2n) is 17.6. The maximum atomic E-state index is 14.2. The minimum absolute atomic E-state index is 0.0234. The van der Waals surface area contributed by atoms with Crippen molar-refractivity contribution in [1.29, 1.82) is 0 Å². The first kappa shape index (κ1) is 54.1. The number of carbonyl (C=O) groups excluding carboxylic acids is 2. The highest BCUT2D eigenvalue weighted by molar-refractivity contribution is 8.77. The Bertz CT molecular complexity index is 2130. The highest BCUT2D eigenvalue weighted by Gasteiger charge is 2.42. The molecule has 2 aliphatic carbocycles. The molecule has 1 saturated carbocycles. The fourth-order valence-electron chi connectivity index (χ4n) is 8.83. The van der Waals surface area contributed by atoms with Gasteiger partial charge in [0.25, 0.3) is 0 Å². The third kappa shape index (κ3) is 13.2. The zero-order valence-corrected chi connectivity index (χ0v) is 43.1. The van der Waals surface area contributed by atoms with Crippen LogP contribution in [0.2, 0.25) is 0 Å².